The van der Waals surface area contributed by atoms with Gasteiger partial charge in [-0.15, -0.1) is 0 Å². The first kappa shape index (κ1) is 10.8. The monoisotopic (exact) mass is 250 g/mol. The van der Waals surface area contributed by atoms with E-state index in [4.69, 9.17) is 4.74 Å². The van der Waals surface area contributed by atoms with Gasteiger partial charge in [-0.3, -0.25) is 4.79 Å². The minimum absolute atomic E-state index is 0.0802. The van der Waals surface area contributed by atoms with Crippen molar-refractivity contribution in [2.24, 2.45) is 5.92 Å². The van der Waals surface area contributed by atoms with Gasteiger partial charge in [-0.05, 0) is 12.0 Å². The fraction of sp³-hybridized carbons (Fsp3) is 0.235. The fourth-order valence-electron chi connectivity index (χ4n) is 3.60. The summed E-state index contributed by atoms with van der Waals surface area (Å²) in [7, 11) is 0. The molecule has 0 unspecified atom stereocenters. The Hall–Kier alpha value is -2.09. The van der Waals surface area contributed by atoms with Gasteiger partial charge in [0.05, 0.1) is 6.42 Å². The van der Waals surface area contributed by atoms with Gasteiger partial charge < -0.3 is 4.74 Å². The summed E-state index contributed by atoms with van der Waals surface area (Å²) in [4.78, 5) is 11.8. The Kier molecular flexibility index (Phi) is 2.10. The normalized spacial score (nSPS) is 27.8. The smallest absolute Gasteiger partial charge is 0.307 e. The lowest BCUT2D eigenvalue weighted by molar-refractivity contribution is -0.146. The Morgan fingerprint density at radius 3 is 2.53 bits per heavy atom. The molecule has 94 valence electrons. The molecule has 0 bridgehead atoms. The van der Waals surface area contributed by atoms with Crippen molar-refractivity contribution in [1.82, 2.24) is 0 Å². The van der Waals surface area contributed by atoms with Crippen molar-refractivity contribution in [3.8, 4) is 0 Å². The van der Waals surface area contributed by atoms with Crippen LogP contribution < -0.4 is 0 Å². The minimum atomic E-state index is -0.547. The predicted octanol–water partition coefficient (Wildman–Crippen LogP) is 3.05. The molecule has 2 aromatic carbocycles. The maximum absolute atomic E-state index is 11.8. The summed E-state index contributed by atoms with van der Waals surface area (Å²) < 4.78 is 5.85. The second-order valence-electron chi connectivity index (χ2n) is 5.34. The Labute approximate surface area is 112 Å². The highest BCUT2D eigenvalue weighted by molar-refractivity contribution is 5.76. The molecule has 0 saturated carbocycles. The highest BCUT2D eigenvalue weighted by Crippen LogP contribution is 2.53. The zero-order valence-corrected chi connectivity index (χ0v) is 10.5. The zero-order chi connectivity index (χ0) is 12.9. The van der Waals surface area contributed by atoms with Crippen LogP contribution in [0.3, 0.4) is 0 Å². The van der Waals surface area contributed by atoms with E-state index in [9.17, 15) is 4.79 Å². The van der Waals surface area contributed by atoms with E-state index in [1.165, 1.54) is 5.56 Å². The molecule has 0 aromatic heterocycles. The number of carbonyl (C=O) groups is 1. The first-order valence-electron chi connectivity index (χ1n) is 6.66. The molecule has 0 amide bonds. The highest BCUT2D eigenvalue weighted by Gasteiger charge is 2.56. The van der Waals surface area contributed by atoms with Gasteiger partial charge in [0.2, 0.25) is 0 Å². The van der Waals surface area contributed by atoms with Gasteiger partial charge in [0, 0.05) is 17.0 Å². The topological polar surface area (TPSA) is 26.3 Å². The lowest BCUT2D eigenvalue weighted by Gasteiger charge is -2.29. The number of rotatable bonds is 1. The third-order valence-electron chi connectivity index (χ3n) is 4.35. The average molecular weight is 250 g/mol. The van der Waals surface area contributed by atoms with Crippen molar-refractivity contribution in [1.29, 1.82) is 0 Å². The molecule has 0 spiro atoms. The summed E-state index contributed by atoms with van der Waals surface area (Å²) in [6.45, 7) is 0. The number of carbonyl (C=O) groups excluding carboxylic acids is 1. The van der Waals surface area contributed by atoms with Crippen LogP contribution in [-0.4, -0.2) is 5.97 Å². The molecular formula is C17H14O2. The summed E-state index contributed by atoms with van der Waals surface area (Å²) >= 11 is 0. The van der Waals surface area contributed by atoms with Crippen LogP contribution in [0.5, 0.6) is 0 Å². The molecule has 2 atom stereocenters. The molecule has 4 rings (SSSR count). The zero-order valence-electron chi connectivity index (χ0n) is 10.5. The van der Waals surface area contributed by atoms with E-state index in [2.05, 4.69) is 30.3 Å². The van der Waals surface area contributed by atoms with Gasteiger partial charge >= 0.3 is 5.97 Å². The molecular weight excluding hydrogens is 236 g/mol. The second-order valence-corrected chi connectivity index (χ2v) is 5.34. The van der Waals surface area contributed by atoms with E-state index < -0.39 is 5.60 Å². The largest absolute Gasteiger partial charge is 0.449 e. The molecule has 1 aliphatic carbocycles. The lowest BCUT2D eigenvalue weighted by Crippen LogP contribution is -2.30. The van der Waals surface area contributed by atoms with Crippen LogP contribution in [0.4, 0.5) is 0 Å². The quantitative estimate of drug-likeness (QED) is 0.727. The molecule has 0 radical (unpaired) electrons. The Balaban J connectivity index is 1.98. The number of hydrogen-bond donors (Lipinski definition) is 0. The van der Waals surface area contributed by atoms with Gasteiger partial charge in [0.25, 0.3) is 0 Å². The first-order valence-corrected chi connectivity index (χ1v) is 6.66. The molecule has 2 nitrogen and oxygen atoms in total. The van der Waals surface area contributed by atoms with Crippen molar-refractivity contribution in [2.75, 3.05) is 0 Å². The van der Waals surface area contributed by atoms with E-state index in [0.29, 0.717) is 6.42 Å². The van der Waals surface area contributed by atoms with Crippen LogP contribution in [-0.2, 0) is 21.6 Å². The number of ether oxygens (including phenoxy) is 1. The number of hydrogen-bond acceptors (Lipinski definition) is 2. The van der Waals surface area contributed by atoms with Crippen LogP contribution in [0.2, 0.25) is 0 Å². The molecule has 2 heteroatoms. The Morgan fingerprint density at radius 2 is 1.68 bits per heavy atom. The SMILES string of the molecule is O=C1C[C@H]2Cc3ccccc3[C@@]2(c2ccccc2)O1. The van der Waals surface area contributed by atoms with Crippen LogP contribution >= 0.6 is 0 Å². The maximum Gasteiger partial charge on any atom is 0.307 e. The van der Waals surface area contributed by atoms with Crippen molar-refractivity contribution in [2.45, 2.75) is 18.4 Å². The standard InChI is InChI=1S/C17H14O2/c18-16-11-14-10-12-6-4-5-9-15(12)17(14,19-16)13-7-2-1-3-8-13/h1-9,14H,10-11H2/t14-,17+/m1/s1. The average Bonchev–Trinajstić information content (AvgIpc) is 2.92. The highest BCUT2D eigenvalue weighted by atomic mass is 16.6. The molecule has 1 aliphatic heterocycles. The number of fused-ring (bicyclic) bond motifs is 3. The molecule has 1 fully saturated rings. The summed E-state index contributed by atoms with van der Waals surface area (Å²) in [6.07, 6.45) is 1.44. The molecule has 1 heterocycles. The Bertz CT molecular complexity index is 647. The van der Waals surface area contributed by atoms with Gasteiger partial charge in [0.15, 0.2) is 5.60 Å². The summed E-state index contributed by atoms with van der Waals surface area (Å²) in [5.41, 5.74) is 3.02. The summed E-state index contributed by atoms with van der Waals surface area (Å²) in [5.74, 6) is 0.156. The van der Waals surface area contributed by atoms with Crippen molar-refractivity contribution in [3.05, 3.63) is 71.3 Å². The molecule has 2 aromatic rings. The van der Waals surface area contributed by atoms with Crippen molar-refractivity contribution < 1.29 is 9.53 Å². The van der Waals surface area contributed by atoms with Crippen molar-refractivity contribution in [3.63, 3.8) is 0 Å². The summed E-state index contributed by atoms with van der Waals surface area (Å²) in [6, 6.07) is 18.5. The molecule has 2 aliphatic rings. The van der Waals surface area contributed by atoms with E-state index in [-0.39, 0.29) is 11.9 Å². The predicted molar refractivity (Wildman–Crippen MR) is 71.6 cm³/mol. The third kappa shape index (κ3) is 1.34. The van der Waals surface area contributed by atoms with E-state index >= 15 is 0 Å². The molecule has 0 N–H and O–H groups in total. The van der Waals surface area contributed by atoms with E-state index in [0.717, 1.165) is 17.5 Å². The number of benzene rings is 2. The van der Waals surface area contributed by atoms with Gasteiger partial charge in [0.1, 0.15) is 0 Å². The van der Waals surface area contributed by atoms with Crippen LogP contribution in [0, 0.1) is 5.92 Å². The second kappa shape index (κ2) is 3.70. The van der Waals surface area contributed by atoms with Gasteiger partial charge in [-0.1, -0.05) is 54.6 Å². The van der Waals surface area contributed by atoms with Crippen LogP contribution in [0.1, 0.15) is 23.1 Å². The van der Waals surface area contributed by atoms with Gasteiger partial charge in [-0.2, -0.15) is 0 Å². The van der Waals surface area contributed by atoms with Gasteiger partial charge in [-0.25, -0.2) is 0 Å². The fourth-order valence-corrected chi connectivity index (χ4v) is 3.60. The van der Waals surface area contributed by atoms with E-state index in [1.807, 2.05) is 24.3 Å². The maximum atomic E-state index is 11.8. The molecule has 19 heavy (non-hydrogen) atoms. The molecule has 1 saturated heterocycles. The van der Waals surface area contributed by atoms with Crippen LogP contribution in [0.15, 0.2) is 54.6 Å². The van der Waals surface area contributed by atoms with Crippen molar-refractivity contribution >= 4 is 5.97 Å². The number of esters is 1. The van der Waals surface area contributed by atoms with Crippen LogP contribution in [0.25, 0.3) is 0 Å². The van der Waals surface area contributed by atoms with E-state index in [1.54, 1.807) is 0 Å². The minimum Gasteiger partial charge on any atom is -0.449 e. The third-order valence-corrected chi connectivity index (χ3v) is 4.35. The lowest BCUT2D eigenvalue weighted by atomic mass is 9.81. The summed E-state index contributed by atoms with van der Waals surface area (Å²) in [5, 5.41) is 0. The Morgan fingerprint density at radius 1 is 0.947 bits per heavy atom. The first-order chi connectivity index (χ1) is 9.30.